The van der Waals surface area contributed by atoms with E-state index in [4.69, 9.17) is 21.1 Å². The molecule has 1 saturated heterocycles. The first-order chi connectivity index (χ1) is 14.1. The van der Waals surface area contributed by atoms with Crippen molar-refractivity contribution in [2.24, 2.45) is 5.92 Å². The quantitative estimate of drug-likeness (QED) is 0.796. The van der Waals surface area contributed by atoms with Crippen LogP contribution in [0.3, 0.4) is 0 Å². The van der Waals surface area contributed by atoms with Crippen LogP contribution in [0.2, 0.25) is 5.02 Å². The molecule has 2 aliphatic rings. The minimum atomic E-state index is -0.0668. The Balaban J connectivity index is 1.28. The highest BCUT2D eigenvalue weighted by Gasteiger charge is 2.26. The van der Waals surface area contributed by atoms with Gasteiger partial charge in [0.25, 0.3) is 0 Å². The number of halogens is 1. The predicted octanol–water partition coefficient (Wildman–Crippen LogP) is 4.20. The highest BCUT2D eigenvalue weighted by atomic mass is 35.5. The Kier molecular flexibility index (Phi) is 6.26. The van der Waals surface area contributed by atoms with Crippen molar-refractivity contribution in [3.8, 4) is 11.5 Å². The zero-order chi connectivity index (χ0) is 20.2. The third-order valence-electron chi connectivity index (χ3n) is 5.68. The van der Waals surface area contributed by atoms with Gasteiger partial charge in [-0.2, -0.15) is 0 Å². The van der Waals surface area contributed by atoms with E-state index in [2.05, 4.69) is 16.3 Å². The van der Waals surface area contributed by atoms with E-state index < -0.39 is 0 Å². The van der Waals surface area contributed by atoms with Crippen LogP contribution >= 0.6 is 11.6 Å². The maximum Gasteiger partial charge on any atom is 0.223 e. The molecule has 4 rings (SSSR count). The fourth-order valence-corrected chi connectivity index (χ4v) is 4.20. The summed E-state index contributed by atoms with van der Waals surface area (Å²) in [5.41, 5.74) is 2.24. The molecule has 5 nitrogen and oxygen atoms in total. The second-order valence-electron chi connectivity index (χ2n) is 7.81. The van der Waals surface area contributed by atoms with E-state index in [9.17, 15) is 4.79 Å². The van der Waals surface area contributed by atoms with Gasteiger partial charge in [-0.15, -0.1) is 0 Å². The number of hydrogen-bond donors (Lipinski definition) is 1. The molecule has 154 valence electrons. The van der Waals surface area contributed by atoms with Gasteiger partial charge >= 0.3 is 0 Å². The topological polar surface area (TPSA) is 50.8 Å². The molecule has 0 radical (unpaired) electrons. The van der Waals surface area contributed by atoms with Crippen LogP contribution in [0, 0.1) is 5.92 Å². The lowest BCUT2D eigenvalue weighted by Crippen LogP contribution is -2.40. The SMILES string of the molecule is C[C@H](NC(=O)C1CCN(Cc2cccc(Cl)c2)CC1)c1ccc2c(c1)OCCO2. The zero-order valence-corrected chi connectivity index (χ0v) is 17.5. The molecule has 0 spiro atoms. The molecule has 2 aromatic rings. The van der Waals surface area contributed by atoms with E-state index in [1.807, 2.05) is 43.3 Å². The molecule has 1 fully saturated rings. The van der Waals surface area contributed by atoms with Crippen molar-refractivity contribution in [1.82, 2.24) is 10.2 Å². The van der Waals surface area contributed by atoms with E-state index in [1.165, 1.54) is 5.56 Å². The number of amides is 1. The molecule has 0 bridgehead atoms. The van der Waals surface area contributed by atoms with Gasteiger partial charge in [0.05, 0.1) is 6.04 Å². The van der Waals surface area contributed by atoms with Crippen molar-refractivity contribution >= 4 is 17.5 Å². The van der Waals surface area contributed by atoms with E-state index >= 15 is 0 Å². The Morgan fingerprint density at radius 2 is 1.90 bits per heavy atom. The predicted molar refractivity (Wildman–Crippen MR) is 113 cm³/mol. The first kappa shape index (κ1) is 20.0. The maximum absolute atomic E-state index is 12.8. The fraction of sp³-hybridized carbons (Fsp3) is 0.435. The van der Waals surface area contributed by atoms with Crippen LogP contribution in [0.5, 0.6) is 11.5 Å². The van der Waals surface area contributed by atoms with Gasteiger partial charge in [0, 0.05) is 17.5 Å². The van der Waals surface area contributed by atoms with Crippen molar-refractivity contribution in [1.29, 1.82) is 0 Å². The van der Waals surface area contributed by atoms with Gasteiger partial charge in [0.15, 0.2) is 11.5 Å². The molecule has 1 atom stereocenters. The van der Waals surface area contributed by atoms with Gasteiger partial charge in [-0.1, -0.05) is 29.8 Å². The summed E-state index contributed by atoms with van der Waals surface area (Å²) in [6.45, 7) is 5.87. The average molecular weight is 415 g/mol. The number of ether oxygens (including phenoxy) is 2. The van der Waals surface area contributed by atoms with Gasteiger partial charge in [-0.3, -0.25) is 9.69 Å². The molecule has 0 aliphatic carbocycles. The van der Waals surface area contributed by atoms with Gasteiger partial charge in [0.1, 0.15) is 13.2 Å². The maximum atomic E-state index is 12.8. The van der Waals surface area contributed by atoms with Crippen LogP contribution in [0.4, 0.5) is 0 Å². The largest absolute Gasteiger partial charge is 0.486 e. The first-order valence-electron chi connectivity index (χ1n) is 10.3. The molecule has 6 heteroatoms. The summed E-state index contributed by atoms with van der Waals surface area (Å²) in [4.78, 5) is 15.2. The Bertz CT molecular complexity index is 865. The average Bonchev–Trinajstić information content (AvgIpc) is 2.74. The molecule has 2 heterocycles. The number of piperidine rings is 1. The highest BCUT2D eigenvalue weighted by molar-refractivity contribution is 6.30. The van der Waals surface area contributed by atoms with Crippen LogP contribution in [0.1, 0.15) is 36.9 Å². The summed E-state index contributed by atoms with van der Waals surface area (Å²) in [7, 11) is 0. The minimum Gasteiger partial charge on any atom is -0.486 e. The Labute approximate surface area is 176 Å². The zero-order valence-electron chi connectivity index (χ0n) is 16.7. The molecule has 1 N–H and O–H groups in total. The van der Waals surface area contributed by atoms with Crippen molar-refractivity contribution in [3.63, 3.8) is 0 Å². The van der Waals surface area contributed by atoms with Crippen molar-refractivity contribution < 1.29 is 14.3 Å². The van der Waals surface area contributed by atoms with Gasteiger partial charge < -0.3 is 14.8 Å². The van der Waals surface area contributed by atoms with E-state index in [0.29, 0.717) is 13.2 Å². The molecule has 0 aromatic heterocycles. The Morgan fingerprint density at radius 3 is 2.66 bits per heavy atom. The lowest BCUT2D eigenvalue weighted by Gasteiger charge is -2.32. The molecule has 0 unspecified atom stereocenters. The third-order valence-corrected chi connectivity index (χ3v) is 5.91. The number of nitrogens with zero attached hydrogens (tertiary/aromatic N) is 1. The number of hydrogen-bond acceptors (Lipinski definition) is 4. The Hall–Kier alpha value is -2.24. The van der Waals surface area contributed by atoms with Crippen LogP contribution in [0.25, 0.3) is 0 Å². The van der Waals surface area contributed by atoms with Crippen LogP contribution in [-0.2, 0) is 11.3 Å². The van der Waals surface area contributed by atoms with Gasteiger partial charge in [-0.05, 0) is 68.2 Å². The molecule has 0 saturated carbocycles. The lowest BCUT2D eigenvalue weighted by molar-refractivity contribution is -0.127. The number of carbonyl (C=O) groups excluding carboxylic acids is 1. The summed E-state index contributed by atoms with van der Waals surface area (Å²) >= 11 is 6.08. The monoisotopic (exact) mass is 414 g/mol. The van der Waals surface area contributed by atoms with Crippen molar-refractivity contribution in [2.45, 2.75) is 32.4 Å². The standard InChI is InChI=1S/C23H27ClN2O3/c1-16(19-5-6-21-22(14-19)29-12-11-28-21)25-23(27)18-7-9-26(10-8-18)15-17-3-2-4-20(24)13-17/h2-6,13-14,16,18H,7-12,15H2,1H3,(H,25,27)/t16-/m0/s1. The smallest absolute Gasteiger partial charge is 0.223 e. The molecule has 2 aromatic carbocycles. The summed E-state index contributed by atoms with van der Waals surface area (Å²) in [6, 6.07) is 13.8. The summed E-state index contributed by atoms with van der Waals surface area (Å²) in [5.74, 6) is 1.72. The molecular weight excluding hydrogens is 388 g/mol. The Morgan fingerprint density at radius 1 is 1.14 bits per heavy atom. The van der Waals surface area contributed by atoms with Crippen molar-refractivity contribution in [2.75, 3.05) is 26.3 Å². The summed E-state index contributed by atoms with van der Waals surface area (Å²) in [6.07, 6.45) is 1.75. The van der Waals surface area contributed by atoms with Crippen LogP contribution < -0.4 is 14.8 Å². The number of carbonyl (C=O) groups is 1. The van der Waals surface area contributed by atoms with Crippen molar-refractivity contribution in [3.05, 3.63) is 58.6 Å². The third kappa shape index (κ3) is 5.03. The molecule has 1 amide bonds. The van der Waals surface area contributed by atoms with Crippen LogP contribution in [0.15, 0.2) is 42.5 Å². The van der Waals surface area contributed by atoms with Gasteiger partial charge in [0.2, 0.25) is 5.91 Å². The minimum absolute atomic E-state index is 0.0604. The first-order valence-corrected chi connectivity index (χ1v) is 10.6. The van der Waals surface area contributed by atoms with Crippen LogP contribution in [-0.4, -0.2) is 37.1 Å². The van der Waals surface area contributed by atoms with E-state index in [1.54, 1.807) is 0 Å². The summed E-state index contributed by atoms with van der Waals surface area (Å²) in [5, 5.41) is 3.94. The number of likely N-dealkylation sites (tertiary alicyclic amines) is 1. The fourth-order valence-electron chi connectivity index (χ4n) is 3.99. The van der Waals surface area contributed by atoms with E-state index in [-0.39, 0.29) is 17.9 Å². The molecule has 2 aliphatic heterocycles. The number of nitrogens with one attached hydrogen (secondary N) is 1. The second-order valence-corrected chi connectivity index (χ2v) is 8.25. The summed E-state index contributed by atoms with van der Waals surface area (Å²) < 4.78 is 11.2. The number of benzene rings is 2. The highest BCUT2D eigenvalue weighted by Crippen LogP contribution is 2.32. The number of fused-ring (bicyclic) bond motifs is 1. The number of rotatable bonds is 5. The molecule has 29 heavy (non-hydrogen) atoms. The van der Waals surface area contributed by atoms with E-state index in [0.717, 1.165) is 54.6 Å². The lowest BCUT2D eigenvalue weighted by atomic mass is 9.94. The normalized spacial score (nSPS) is 18.3. The molecular formula is C23H27ClN2O3. The second kappa shape index (κ2) is 9.06. The van der Waals surface area contributed by atoms with Gasteiger partial charge in [-0.25, -0.2) is 0 Å².